The number of rotatable bonds is 5. The number of benzene rings is 2. The van der Waals surface area contributed by atoms with Gasteiger partial charge in [-0.25, -0.2) is 13.2 Å². The SMILES string of the molecule is C=C[C@@H]1c2cc(C)ccc2N(S(=O)(=O)c2ccc(C)cc2)[C@H]1C(=O)OCC. The fourth-order valence-corrected chi connectivity index (χ4v) is 5.08. The van der Waals surface area contributed by atoms with Crippen LogP contribution in [0.25, 0.3) is 0 Å². The van der Waals surface area contributed by atoms with E-state index >= 15 is 0 Å². The molecule has 0 saturated heterocycles. The molecular weight excluding hydrogens is 362 g/mol. The van der Waals surface area contributed by atoms with Crippen molar-refractivity contribution in [3.63, 3.8) is 0 Å². The van der Waals surface area contributed by atoms with Crippen LogP contribution in [-0.2, 0) is 19.6 Å². The number of anilines is 1. The van der Waals surface area contributed by atoms with Gasteiger partial charge in [0.25, 0.3) is 10.0 Å². The second-order valence-electron chi connectivity index (χ2n) is 6.63. The molecule has 0 saturated carbocycles. The van der Waals surface area contributed by atoms with Crippen LogP contribution in [0.5, 0.6) is 0 Å². The first-order valence-corrected chi connectivity index (χ1v) is 10.3. The number of hydrogen-bond donors (Lipinski definition) is 0. The Morgan fingerprint density at radius 3 is 2.37 bits per heavy atom. The molecule has 1 aliphatic heterocycles. The predicted molar refractivity (Wildman–Crippen MR) is 105 cm³/mol. The summed E-state index contributed by atoms with van der Waals surface area (Å²) >= 11 is 0. The standard InChI is InChI=1S/C21H23NO4S/c1-5-17-18-13-15(4)9-12-19(18)22(20(17)21(23)26-6-2)27(24,25)16-10-7-14(3)8-11-16/h5,7-13,17,20H,1,6H2,2-4H3/t17-,20-/m1/s1. The van der Waals surface area contributed by atoms with E-state index in [9.17, 15) is 13.2 Å². The minimum Gasteiger partial charge on any atom is -0.464 e. The van der Waals surface area contributed by atoms with E-state index in [0.29, 0.717) is 5.69 Å². The number of carbonyl (C=O) groups is 1. The number of carbonyl (C=O) groups excluding carboxylic acids is 1. The van der Waals surface area contributed by atoms with E-state index in [2.05, 4.69) is 6.58 Å². The summed E-state index contributed by atoms with van der Waals surface area (Å²) in [6.45, 7) is 9.53. The molecule has 0 bridgehead atoms. The highest BCUT2D eigenvalue weighted by Crippen LogP contribution is 2.45. The van der Waals surface area contributed by atoms with Gasteiger partial charge < -0.3 is 4.74 Å². The smallest absolute Gasteiger partial charge is 0.330 e. The van der Waals surface area contributed by atoms with Gasteiger partial charge in [-0.1, -0.05) is 41.5 Å². The summed E-state index contributed by atoms with van der Waals surface area (Å²) in [7, 11) is -3.95. The van der Waals surface area contributed by atoms with Crippen LogP contribution in [0.15, 0.2) is 60.0 Å². The van der Waals surface area contributed by atoms with Crippen LogP contribution < -0.4 is 4.31 Å². The third kappa shape index (κ3) is 3.25. The Labute approximate surface area is 160 Å². The van der Waals surface area contributed by atoms with Crippen molar-refractivity contribution in [3.8, 4) is 0 Å². The number of fused-ring (bicyclic) bond motifs is 1. The Morgan fingerprint density at radius 2 is 1.78 bits per heavy atom. The summed E-state index contributed by atoms with van der Waals surface area (Å²) in [5.41, 5.74) is 3.19. The number of hydrogen-bond acceptors (Lipinski definition) is 4. The summed E-state index contributed by atoms with van der Waals surface area (Å²) < 4.78 is 33.3. The molecule has 2 aromatic carbocycles. The first-order valence-electron chi connectivity index (χ1n) is 8.82. The van der Waals surface area contributed by atoms with Crippen LogP contribution in [0.1, 0.15) is 29.5 Å². The van der Waals surface area contributed by atoms with Crippen molar-refractivity contribution in [2.75, 3.05) is 10.9 Å². The zero-order valence-corrected chi connectivity index (χ0v) is 16.5. The van der Waals surface area contributed by atoms with Crippen molar-refractivity contribution in [3.05, 3.63) is 71.8 Å². The van der Waals surface area contributed by atoms with Crippen LogP contribution in [0.3, 0.4) is 0 Å². The normalized spacial score (nSPS) is 18.9. The van der Waals surface area contributed by atoms with Gasteiger partial charge in [0.15, 0.2) is 6.04 Å². The van der Waals surface area contributed by atoms with Gasteiger partial charge in [-0.05, 0) is 44.5 Å². The third-order valence-corrected chi connectivity index (χ3v) is 6.54. The van der Waals surface area contributed by atoms with E-state index in [-0.39, 0.29) is 11.5 Å². The number of sulfonamides is 1. The number of nitrogens with zero attached hydrogens (tertiary/aromatic N) is 1. The highest BCUT2D eigenvalue weighted by molar-refractivity contribution is 7.93. The van der Waals surface area contributed by atoms with E-state index in [1.54, 1.807) is 43.3 Å². The summed E-state index contributed by atoms with van der Waals surface area (Å²) in [5.74, 6) is -1.05. The van der Waals surface area contributed by atoms with Gasteiger partial charge >= 0.3 is 5.97 Å². The van der Waals surface area contributed by atoms with Gasteiger partial charge in [0.05, 0.1) is 17.2 Å². The molecule has 142 valence electrons. The maximum absolute atomic E-state index is 13.5. The fourth-order valence-electron chi connectivity index (χ4n) is 3.44. The second-order valence-corrected chi connectivity index (χ2v) is 8.45. The van der Waals surface area contributed by atoms with Crippen LogP contribution >= 0.6 is 0 Å². The van der Waals surface area contributed by atoms with Crippen molar-refractivity contribution in [2.45, 2.75) is 37.6 Å². The van der Waals surface area contributed by atoms with Crippen molar-refractivity contribution in [2.24, 2.45) is 0 Å². The molecule has 5 nitrogen and oxygen atoms in total. The summed E-state index contributed by atoms with van der Waals surface area (Å²) in [6, 6.07) is 11.1. The zero-order valence-electron chi connectivity index (χ0n) is 15.7. The van der Waals surface area contributed by atoms with Gasteiger partial charge in [0.2, 0.25) is 0 Å². The average Bonchev–Trinajstić information content (AvgIpc) is 2.96. The fraction of sp³-hybridized carbons (Fsp3) is 0.286. The van der Waals surface area contributed by atoms with Crippen LogP contribution in [0.4, 0.5) is 5.69 Å². The highest BCUT2D eigenvalue weighted by atomic mass is 32.2. The molecule has 2 atom stereocenters. The molecule has 1 aliphatic rings. The summed E-state index contributed by atoms with van der Waals surface area (Å²) in [4.78, 5) is 12.9. The van der Waals surface area contributed by atoms with E-state index in [1.165, 1.54) is 4.31 Å². The van der Waals surface area contributed by atoms with Crippen LogP contribution in [0.2, 0.25) is 0 Å². The van der Waals surface area contributed by atoms with Crippen LogP contribution in [-0.4, -0.2) is 27.0 Å². The molecule has 0 radical (unpaired) electrons. The zero-order chi connectivity index (χ0) is 19.8. The van der Waals surface area contributed by atoms with Crippen molar-refractivity contribution in [1.82, 2.24) is 0 Å². The molecule has 0 spiro atoms. The van der Waals surface area contributed by atoms with E-state index in [1.807, 2.05) is 26.0 Å². The summed E-state index contributed by atoms with van der Waals surface area (Å²) in [6.07, 6.45) is 1.62. The minimum atomic E-state index is -3.95. The van der Waals surface area contributed by atoms with Crippen molar-refractivity contribution >= 4 is 21.7 Å². The number of ether oxygens (including phenoxy) is 1. The Kier molecular flexibility index (Phi) is 5.11. The molecule has 27 heavy (non-hydrogen) atoms. The lowest BCUT2D eigenvalue weighted by Gasteiger charge is -2.27. The van der Waals surface area contributed by atoms with Gasteiger partial charge in [0, 0.05) is 5.92 Å². The van der Waals surface area contributed by atoms with Gasteiger partial charge in [-0.3, -0.25) is 4.31 Å². The average molecular weight is 385 g/mol. The second kappa shape index (κ2) is 7.19. The molecule has 0 unspecified atom stereocenters. The summed E-state index contributed by atoms with van der Waals surface area (Å²) in [5, 5.41) is 0. The lowest BCUT2D eigenvalue weighted by molar-refractivity contribution is -0.144. The molecule has 0 amide bonds. The molecule has 0 N–H and O–H groups in total. The predicted octanol–water partition coefficient (Wildman–Crippen LogP) is 3.71. The Bertz CT molecular complexity index is 980. The topological polar surface area (TPSA) is 63.7 Å². The van der Waals surface area contributed by atoms with Crippen molar-refractivity contribution in [1.29, 1.82) is 0 Å². The molecule has 2 aromatic rings. The molecule has 0 aliphatic carbocycles. The van der Waals surface area contributed by atoms with Crippen molar-refractivity contribution < 1.29 is 17.9 Å². The quantitative estimate of drug-likeness (QED) is 0.581. The van der Waals surface area contributed by atoms with Crippen LogP contribution in [0, 0.1) is 13.8 Å². The number of esters is 1. The Hall–Kier alpha value is -2.60. The third-order valence-electron chi connectivity index (χ3n) is 4.73. The molecular formula is C21H23NO4S. The van der Waals surface area contributed by atoms with Gasteiger partial charge in [0.1, 0.15) is 0 Å². The maximum Gasteiger partial charge on any atom is 0.330 e. The Balaban J connectivity index is 2.21. The van der Waals surface area contributed by atoms with E-state index in [4.69, 9.17) is 4.74 Å². The number of aryl methyl sites for hydroxylation is 2. The largest absolute Gasteiger partial charge is 0.464 e. The molecule has 3 rings (SSSR count). The first-order chi connectivity index (χ1) is 12.8. The molecule has 6 heteroatoms. The minimum absolute atomic E-state index is 0.138. The monoisotopic (exact) mass is 385 g/mol. The van der Waals surface area contributed by atoms with E-state index in [0.717, 1.165) is 16.7 Å². The highest BCUT2D eigenvalue weighted by Gasteiger charge is 2.48. The molecule has 1 heterocycles. The maximum atomic E-state index is 13.5. The molecule has 0 fully saturated rings. The lowest BCUT2D eigenvalue weighted by Crippen LogP contribution is -2.45. The lowest BCUT2D eigenvalue weighted by atomic mass is 9.94. The first kappa shape index (κ1) is 19.2. The van der Waals surface area contributed by atoms with E-state index < -0.39 is 28.0 Å². The molecule has 0 aromatic heterocycles. The van der Waals surface area contributed by atoms with Gasteiger partial charge in [-0.15, -0.1) is 6.58 Å². The Morgan fingerprint density at radius 1 is 1.15 bits per heavy atom. The van der Waals surface area contributed by atoms with Gasteiger partial charge in [-0.2, -0.15) is 0 Å².